The van der Waals surface area contributed by atoms with Crippen LogP contribution in [0.5, 0.6) is 0 Å². The number of piperidine rings is 2. The van der Waals surface area contributed by atoms with Crippen molar-refractivity contribution in [3.63, 3.8) is 0 Å². The zero-order valence-corrected chi connectivity index (χ0v) is 14.7. The van der Waals surface area contributed by atoms with Gasteiger partial charge in [0, 0.05) is 26.4 Å². The fourth-order valence-corrected chi connectivity index (χ4v) is 3.79. The molecule has 2 fully saturated rings. The van der Waals surface area contributed by atoms with Gasteiger partial charge in [0.05, 0.1) is 0 Å². The number of nitrogens with zero attached hydrogens (tertiary/aromatic N) is 2. The summed E-state index contributed by atoms with van der Waals surface area (Å²) in [4.78, 5) is 38.9. The maximum Gasteiger partial charge on any atom is 0.303 e. The zero-order valence-electron chi connectivity index (χ0n) is 14.7. The summed E-state index contributed by atoms with van der Waals surface area (Å²) in [6.45, 7) is 4.98. The van der Waals surface area contributed by atoms with Crippen LogP contribution in [0.4, 0.5) is 0 Å². The minimum Gasteiger partial charge on any atom is -0.481 e. The molecular weight excluding hydrogens is 310 g/mol. The second-order valence-electron chi connectivity index (χ2n) is 7.31. The second-order valence-corrected chi connectivity index (χ2v) is 7.31. The lowest BCUT2D eigenvalue weighted by Gasteiger charge is -2.46. The smallest absolute Gasteiger partial charge is 0.303 e. The van der Waals surface area contributed by atoms with Crippen molar-refractivity contribution in [2.75, 3.05) is 33.2 Å². The average Bonchev–Trinajstić information content (AvgIpc) is 2.54. The molecule has 1 spiro atoms. The van der Waals surface area contributed by atoms with E-state index in [1.54, 1.807) is 4.90 Å². The van der Waals surface area contributed by atoms with Gasteiger partial charge in [-0.15, -0.1) is 0 Å². The standard InChI is InChI=1S/C17H29N3O4/c1-13(21)18-14(3-4-15(22)23)16(24)20-11-7-17(8-12-20)5-9-19(2)10-6-17/h14H,3-12H2,1-2H3,(H,18,21)(H,22,23). The second kappa shape index (κ2) is 7.96. The third-order valence-corrected chi connectivity index (χ3v) is 5.51. The Balaban J connectivity index is 1.91. The molecule has 2 aliphatic rings. The first-order valence-electron chi connectivity index (χ1n) is 8.78. The van der Waals surface area contributed by atoms with Gasteiger partial charge in [-0.25, -0.2) is 0 Å². The molecule has 1 atom stereocenters. The van der Waals surface area contributed by atoms with Gasteiger partial charge in [0.25, 0.3) is 0 Å². The van der Waals surface area contributed by atoms with E-state index < -0.39 is 12.0 Å². The molecule has 136 valence electrons. The molecule has 0 saturated carbocycles. The lowest BCUT2D eigenvalue weighted by atomic mass is 9.71. The zero-order chi connectivity index (χ0) is 17.7. The predicted molar refractivity (Wildman–Crippen MR) is 89.5 cm³/mol. The summed E-state index contributed by atoms with van der Waals surface area (Å²) >= 11 is 0. The van der Waals surface area contributed by atoms with Crippen LogP contribution in [-0.2, 0) is 14.4 Å². The van der Waals surface area contributed by atoms with Gasteiger partial charge < -0.3 is 20.2 Å². The molecular formula is C17H29N3O4. The molecule has 7 heteroatoms. The van der Waals surface area contributed by atoms with Gasteiger partial charge in [0.15, 0.2) is 0 Å². The predicted octanol–water partition coefficient (Wildman–Crippen LogP) is 0.690. The van der Waals surface area contributed by atoms with Crippen LogP contribution in [-0.4, -0.2) is 72.0 Å². The van der Waals surface area contributed by atoms with E-state index in [4.69, 9.17) is 5.11 Å². The Bertz CT molecular complexity index is 476. The Labute approximate surface area is 143 Å². The maximum absolute atomic E-state index is 12.7. The highest BCUT2D eigenvalue weighted by molar-refractivity contribution is 5.87. The van der Waals surface area contributed by atoms with E-state index in [9.17, 15) is 14.4 Å². The fourth-order valence-electron chi connectivity index (χ4n) is 3.79. The first kappa shape index (κ1) is 18.7. The van der Waals surface area contributed by atoms with Gasteiger partial charge in [-0.05, 0) is 57.7 Å². The van der Waals surface area contributed by atoms with Gasteiger partial charge in [-0.3, -0.25) is 14.4 Å². The van der Waals surface area contributed by atoms with E-state index in [0.717, 1.165) is 25.9 Å². The van der Waals surface area contributed by atoms with Crippen LogP contribution in [0.2, 0.25) is 0 Å². The number of carboxylic acid groups (broad SMARTS) is 1. The van der Waals surface area contributed by atoms with Gasteiger partial charge in [-0.1, -0.05) is 0 Å². The van der Waals surface area contributed by atoms with Crippen molar-refractivity contribution in [2.45, 2.75) is 51.5 Å². The Morgan fingerprint density at radius 2 is 1.62 bits per heavy atom. The summed E-state index contributed by atoms with van der Waals surface area (Å²) < 4.78 is 0. The summed E-state index contributed by atoms with van der Waals surface area (Å²) in [6, 6.07) is -0.731. The maximum atomic E-state index is 12.7. The number of carboxylic acids is 1. The molecule has 2 rings (SSSR count). The van der Waals surface area contributed by atoms with E-state index in [-0.39, 0.29) is 24.7 Å². The number of hydrogen-bond acceptors (Lipinski definition) is 4. The normalized spacial score (nSPS) is 22.2. The highest BCUT2D eigenvalue weighted by Crippen LogP contribution is 2.41. The van der Waals surface area contributed by atoms with Crippen LogP contribution in [0.1, 0.15) is 45.4 Å². The molecule has 2 heterocycles. The van der Waals surface area contributed by atoms with Crippen molar-refractivity contribution in [1.29, 1.82) is 0 Å². The number of likely N-dealkylation sites (tertiary alicyclic amines) is 2. The topological polar surface area (TPSA) is 89.9 Å². The largest absolute Gasteiger partial charge is 0.481 e. The number of hydrogen-bond donors (Lipinski definition) is 2. The monoisotopic (exact) mass is 339 g/mol. The van der Waals surface area contributed by atoms with E-state index in [1.807, 2.05) is 0 Å². The minimum absolute atomic E-state index is 0.124. The molecule has 2 amide bonds. The molecule has 2 saturated heterocycles. The van der Waals surface area contributed by atoms with E-state index in [0.29, 0.717) is 18.5 Å². The summed E-state index contributed by atoms with van der Waals surface area (Å²) in [5.41, 5.74) is 0.355. The highest BCUT2D eigenvalue weighted by Gasteiger charge is 2.39. The molecule has 0 aromatic heterocycles. The number of rotatable bonds is 5. The van der Waals surface area contributed by atoms with Crippen LogP contribution in [0, 0.1) is 5.41 Å². The molecule has 0 aliphatic carbocycles. The lowest BCUT2D eigenvalue weighted by molar-refractivity contribution is -0.140. The first-order valence-corrected chi connectivity index (χ1v) is 8.78. The van der Waals surface area contributed by atoms with Crippen molar-refractivity contribution in [3.8, 4) is 0 Å². The highest BCUT2D eigenvalue weighted by atomic mass is 16.4. The van der Waals surface area contributed by atoms with Crippen molar-refractivity contribution in [1.82, 2.24) is 15.1 Å². The number of aliphatic carboxylic acids is 1. The third-order valence-electron chi connectivity index (χ3n) is 5.51. The Morgan fingerprint density at radius 3 is 2.12 bits per heavy atom. The lowest BCUT2D eigenvalue weighted by Crippen LogP contribution is -2.53. The molecule has 2 aliphatic heterocycles. The van der Waals surface area contributed by atoms with Crippen molar-refractivity contribution >= 4 is 17.8 Å². The van der Waals surface area contributed by atoms with Crippen molar-refractivity contribution in [3.05, 3.63) is 0 Å². The Hall–Kier alpha value is -1.63. The molecule has 0 aromatic rings. The summed E-state index contributed by atoms with van der Waals surface area (Å²) in [7, 11) is 2.14. The van der Waals surface area contributed by atoms with Crippen LogP contribution in [0.15, 0.2) is 0 Å². The molecule has 0 bridgehead atoms. The van der Waals surface area contributed by atoms with E-state index in [2.05, 4.69) is 17.3 Å². The van der Waals surface area contributed by atoms with Crippen LogP contribution in [0.3, 0.4) is 0 Å². The van der Waals surface area contributed by atoms with Gasteiger partial charge in [-0.2, -0.15) is 0 Å². The average molecular weight is 339 g/mol. The van der Waals surface area contributed by atoms with Crippen LogP contribution >= 0.6 is 0 Å². The number of amides is 2. The number of carbonyl (C=O) groups is 3. The minimum atomic E-state index is -0.956. The van der Waals surface area contributed by atoms with Crippen molar-refractivity contribution < 1.29 is 19.5 Å². The molecule has 2 N–H and O–H groups in total. The Morgan fingerprint density at radius 1 is 1.08 bits per heavy atom. The summed E-state index contributed by atoms with van der Waals surface area (Å²) in [6.07, 6.45) is 4.37. The first-order chi connectivity index (χ1) is 11.3. The number of nitrogens with one attached hydrogen (secondary N) is 1. The molecule has 24 heavy (non-hydrogen) atoms. The van der Waals surface area contributed by atoms with Gasteiger partial charge in [0.1, 0.15) is 6.04 Å². The summed E-state index contributed by atoms with van der Waals surface area (Å²) in [5, 5.41) is 11.4. The quantitative estimate of drug-likeness (QED) is 0.769. The van der Waals surface area contributed by atoms with Gasteiger partial charge in [0.2, 0.25) is 11.8 Å². The number of carbonyl (C=O) groups excluding carboxylic acids is 2. The molecule has 0 radical (unpaired) electrons. The fraction of sp³-hybridized carbons (Fsp3) is 0.824. The molecule has 7 nitrogen and oxygen atoms in total. The van der Waals surface area contributed by atoms with Crippen molar-refractivity contribution in [2.24, 2.45) is 5.41 Å². The van der Waals surface area contributed by atoms with Crippen LogP contribution in [0.25, 0.3) is 0 Å². The summed E-state index contributed by atoms with van der Waals surface area (Å²) in [5.74, 6) is -1.40. The SMILES string of the molecule is CC(=O)NC(CCC(=O)O)C(=O)N1CCC2(CCN(C)CC2)CC1. The van der Waals surface area contributed by atoms with E-state index in [1.165, 1.54) is 19.8 Å². The molecule has 0 aromatic carbocycles. The molecule has 1 unspecified atom stereocenters. The van der Waals surface area contributed by atoms with Crippen LogP contribution < -0.4 is 5.32 Å². The third kappa shape index (κ3) is 4.93. The Kier molecular flexibility index (Phi) is 6.21. The van der Waals surface area contributed by atoms with Gasteiger partial charge >= 0.3 is 5.97 Å². The van der Waals surface area contributed by atoms with E-state index >= 15 is 0 Å².